The summed E-state index contributed by atoms with van der Waals surface area (Å²) in [6.45, 7) is 3.98. The Morgan fingerprint density at radius 2 is 1.45 bits per heavy atom. The van der Waals surface area contributed by atoms with Gasteiger partial charge in [0.1, 0.15) is 6.10 Å². The molecule has 2 heteroatoms. The quantitative estimate of drug-likeness (QED) is 0.759. The van der Waals surface area contributed by atoms with Crippen molar-refractivity contribution in [3.63, 3.8) is 0 Å². The molecule has 0 spiro atoms. The highest BCUT2D eigenvalue weighted by Crippen LogP contribution is 2.21. The molecule has 0 aliphatic rings. The Bertz CT molecular complexity index is 556. The first-order chi connectivity index (χ1) is 9.63. The van der Waals surface area contributed by atoms with Gasteiger partial charge in [-0.1, -0.05) is 68.4 Å². The van der Waals surface area contributed by atoms with Gasteiger partial charge in [-0.15, -0.1) is 0 Å². The van der Waals surface area contributed by atoms with Gasteiger partial charge in [-0.3, -0.25) is 4.79 Å². The molecule has 0 radical (unpaired) electrons. The maximum atomic E-state index is 12.3. The van der Waals surface area contributed by atoms with Crippen molar-refractivity contribution in [3.05, 3.63) is 60.2 Å². The molecule has 0 bridgehead atoms. The number of methoxy groups -OCH3 is 1. The van der Waals surface area contributed by atoms with Gasteiger partial charge < -0.3 is 4.74 Å². The molecule has 2 aromatic rings. The summed E-state index contributed by atoms with van der Waals surface area (Å²) >= 11 is 0. The van der Waals surface area contributed by atoms with Gasteiger partial charge in [0, 0.05) is 12.7 Å². The number of benzene rings is 2. The van der Waals surface area contributed by atoms with E-state index in [1.807, 2.05) is 56.3 Å². The van der Waals surface area contributed by atoms with Gasteiger partial charge in [-0.25, -0.2) is 0 Å². The average Bonchev–Trinajstić information content (AvgIpc) is 2.48. The van der Waals surface area contributed by atoms with Crippen molar-refractivity contribution in [2.75, 3.05) is 7.11 Å². The van der Waals surface area contributed by atoms with Crippen LogP contribution in [0.2, 0.25) is 0 Å². The fourth-order valence-corrected chi connectivity index (χ4v) is 2.30. The predicted molar refractivity (Wildman–Crippen MR) is 81.8 cm³/mol. The zero-order valence-corrected chi connectivity index (χ0v) is 12.2. The largest absolute Gasteiger partial charge is 0.373 e. The third-order valence-electron chi connectivity index (χ3n) is 3.39. The van der Waals surface area contributed by atoms with E-state index < -0.39 is 0 Å². The zero-order chi connectivity index (χ0) is 14.5. The van der Waals surface area contributed by atoms with Crippen LogP contribution < -0.4 is 0 Å². The van der Waals surface area contributed by atoms with Crippen molar-refractivity contribution in [3.8, 4) is 11.1 Å². The normalized spacial score (nSPS) is 12.4. The summed E-state index contributed by atoms with van der Waals surface area (Å²) in [5.74, 6) is 0.211. The molecule has 20 heavy (non-hydrogen) atoms. The lowest BCUT2D eigenvalue weighted by molar-refractivity contribution is 0.0459. The first-order valence-corrected chi connectivity index (χ1v) is 6.86. The molecule has 0 aliphatic heterocycles. The van der Waals surface area contributed by atoms with Gasteiger partial charge in [0.05, 0.1) is 0 Å². The molecule has 1 atom stereocenters. The monoisotopic (exact) mass is 268 g/mol. The molecule has 0 heterocycles. The van der Waals surface area contributed by atoms with Crippen LogP contribution in [-0.2, 0) is 4.74 Å². The van der Waals surface area contributed by atoms with Gasteiger partial charge >= 0.3 is 0 Å². The van der Waals surface area contributed by atoms with Crippen LogP contribution in [-0.4, -0.2) is 19.0 Å². The minimum Gasteiger partial charge on any atom is -0.373 e. The fraction of sp³-hybridized carbons (Fsp3) is 0.278. The van der Waals surface area contributed by atoms with Crippen LogP contribution in [0.3, 0.4) is 0 Å². The van der Waals surface area contributed by atoms with E-state index in [-0.39, 0.29) is 17.8 Å². The molecule has 104 valence electrons. The molecule has 1 unspecified atom stereocenters. The molecule has 0 saturated carbocycles. The third-order valence-corrected chi connectivity index (χ3v) is 3.39. The zero-order valence-electron chi connectivity index (χ0n) is 12.2. The highest BCUT2D eigenvalue weighted by molar-refractivity contribution is 6.00. The third kappa shape index (κ3) is 3.14. The Labute approximate surface area is 120 Å². The van der Waals surface area contributed by atoms with Crippen molar-refractivity contribution in [2.45, 2.75) is 20.0 Å². The van der Waals surface area contributed by atoms with Crippen LogP contribution in [0.15, 0.2) is 54.6 Å². The molecule has 2 rings (SSSR count). The number of carbonyl (C=O) groups is 1. The van der Waals surface area contributed by atoms with Gasteiger partial charge in [-0.05, 0) is 17.0 Å². The predicted octanol–water partition coefficient (Wildman–Crippen LogP) is 4.21. The van der Waals surface area contributed by atoms with Gasteiger partial charge in [0.25, 0.3) is 0 Å². The SMILES string of the molecule is COC(C(=O)c1ccc(-c2ccccc2)cc1)C(C)C. The van der Waals surface area contributed by atoms with Crippen molar-refractivity contribution >= 4 is 5.78 Å². The maximum absolute atomic E-state index is 12.3. The molecule has 0 fully saturated rings. The molecule has 0 aliphatic carbocycles. The Hall–Kier alpha value is -1.93. The highest BCUT2D eigenvalue weighted by Gasteiger charge is 2.22. The van der Waals surface area contributed by atoms with E-state index in [1.165, 1.54) is 0 Å². The Balaban J connectivity index is 2.22. The van der Waals surface area contributed by atoms with E-state index in [1.54, 1.807) is 7.11 Å². The second-order valence-corrected chi connectivity index (χ2v) is 5.21. The summed E-state index contributed by atoms with van der Waals surface area (Å²) in [6, 6.07) is 17.8. The summed E-state index contributed by atoms with van der Waals surface area (Å²) in [4.78, 5) is 12.3. The van der Waals surface area contributed by atoms with Gasteiger partial charge in [-0.2, -0.15) is 0 Å². The molecule has 2 aromatic carbocycles. The van der Waals surface area contributed by atoms with E-state index >= 15 is 0 Å². The Morgan fingerprint density at radius 3 is 1.95 bits per heavy atom. The first-order valence-electron chi connectivity index (χ1n) is 6.86. The number of ketones is 1. The van der Waals surface area contributed by atoms with E-state index in [2.05, 4.69) is 12.1 Å². The van der Waals surface area contributed by atoms with Gasteiger partial charge in [0.15, 0.2) is 5.78 Å². The second kappa shape index (κ2) is 6.49. The molecule has 0 amide bonds. The summed E-state index contributed by atoms with van der Waals surface area (Å²) in [7, 11) is 1.58. The molecule has 0 N–H and O–H groups in total. The van der Waals surface area contributed by atoms with Crippen molar-refractivity contribution < 1.29 is 9.53 Å². The summed E-state index contributed by atoms with van der Waals surface area (Å²) < 4.78 is 5.29. The highest BCUT2D eigenvalue weighted by atomic mass is 16.5. The molecule has 0 aromatic heterocycles. The van der Waals surface area contributed by atoms with Crippen LogP contribution >= 0.6 is 0 Å². The van der Waals surface area contributed by atoms with Crippen LogP contribution in [0.25, 0.3) is 11.1 Å². The summed E-state index contributed by atoms with van der Waals surface area (Å²) in [6.07, 6.45) is -0.377. The topological polar surface area (TPSA) is 26.3 Å². The van der Waals surface area contributed by atoms with E-state index in [0.29, 0.717) is 5.56 Å². The number of rotatable bonds is 5. The molecule has 0 saturated heterocycles. The van der Waals surface area contributed by atoms with Crippen LogP contribution in [0.4, 0.5) is 0 Å². The minimum atomic E-state index is -0.377. The number of carbonyl (C=O) groups excluding carboxylic acids is 1. The molecule has 2 nitrogen and oxygen atoms in total. The minimum absolute atomic E-state index is 0.0436. The second-order valence-electron chi connectivity index (χ2n) is 5.21. The summed E-state index contributed by atoms with van der Waals surface area (Å²) in [5, 5.41) is 0. The smallest absolute Gasteiger partial charge is 0.191 e. The lowest BCUT2D eigenvalue weighted by Gasteiger charge is -2.17. The van der Waals surface area contributed by atoms with E-state index in [0.717, 1.165) is 11.1 Å². The summed E-state index contributed by atoms with van der Waals surface area (Å²) in [5.41, 5.74) is 2.96. The van der Waals surface area contributed by atoms with Crippen LogP contribution in [0, 0.1) is 5.92 Å². The van der Waals surface area contributed by atoms with Crippen molar-refractivity contribution in [2.24, 2.45) is 5.92 Å². The number of hydrogen-bond donors (Lipinski definition) is 0. The van der Waals surface area contributed by atoms with Crippen LogP contribution in [0.1, 0.15) is 24.2 Å². The number of Topliss-reactive ketones (excluding diaryl/α,β-unsaturated/α-hetero) is 1. The maximum Gasteiger partial charge on any atom is 0.191 e. The van der Waals surface area contributed by atoms with E-state index in [4.69, 9.17) is 4.74 Å². The van der Waals surface area contributed by atoms with Gasteiger partial charge in [0.2, 0.25) is 0 Å². The van der Waals surface area contributed by atoms with Crippen LogP contribution in [0.5, 0.6) is 0 Å². The number of ether oxygens (including phenoxy) is 1. The lowest BCUT2D eigenvalue weighted by atomic mass is 9.96. The van der Waals surface area contributed by atoms with Crippen molar-refractivity contribution in [1.29, 1.82) is 0 Å². The average molecular weight is 268 g/mol. The van der Waals surface area contributed by atoms with Crippen molar-refractivity contribution in [1.82, 2.24) is 0 Å². The fourth-order valence-electron chi connectivity index (χ4n) is 2.30. The first kappa shape index (κ1) is 14.5. The number of hydrogen-bond acceptors (Lipinski definition) is 2. The molecular weight excluding hydrogens is 248 g/mol. The Morgan fingerprint density at radius 1 is 0.900 bits per heavy atom. The molecular formula is C18H20O2. The van der Waals surface area contributed by atoms with E-state index in [9.17, 15) is 4.79 Å². The standard InChI is InChI=1S/C18H20O2/c1-13(2)18(20-3)17(19)16-11-9-15(10-12-16)14-7-5-4-6-8-14/h4-13,18H,1-3H3. The Kier molecular flexibility index (Phi) is 4.70. The lowest BCUT2D eigenvalue weighted by Crippen LogP contribution is -2.28.